The standard InChI is InChI=1S/C11H11FN2/c1-9-6-7-13-14(9)8-10-4-2-3-5-11(10)12/h2-7H,8H2,1H3. The van der Waals surface area contributed by atoms with Crippen molar-refractivity contribution in [1.29, 1.82) is 0 Å². The molecule has 0 saturated carbocycles. The largest absolute Gasteiger partial charge is 0.265 e. The van der Waals surface area contributed by atoms with Crippen LogP contribution in [0.3, 0.4) is 0 Å². The van der Waals surface area contributed by atoms with E-state index in [1.54, 1.807) is 23.0 Å². The fourth-order valence-electron chi connectivity index (χ4n) is 1.35. The summed E-state index contributed by atoms with van der Waals surface area (Å²) in [5.74, 6) is -0.178. The number of benzene rings is 1. The van der Waals surface area contributed by atoms with Gasteiger partial charge in [0.25, 0.3) is 0 Å². The number of hydrogen-bond donors (Lipinski definition) is 0. The topological polar surface area (TPSA) is 17.8 Å². The average Bonchev–Trinajstić information content (AvgIpc) is 2.56. The Morgan fingerprint density at radius 3 is 2.71 bits per heavy atom. The molecule has 1 heterocycles. The summed E-state index contributed by atoms with van der Waals surface area (Å²) in [5, 5.41) is 4.10. The second kappa shape index (κ2) is 3.62. The summed E-state index contributed by atoms with van der Waals surface area (Å²) in [6.45, 7) is 2.44. The third-order valence-corrected chi connectivity index (χ3v) is 2.21. The molecular weight excluding hydrogens is 179 g/mol. The molecule has 0 aliphatic heterocycles. The molecule has 14 heavy (non-hydrogen) atoms. The minimum atomic E-state index is -0.178. The molecule has 0 radical (unpaired) electrons. The molecule has 1 aromatic carbocycles. The van der Waals surface area contributed by atoms with E-state index in [1.807, 2.05) is 19.1 Å². The molecule has 0 aliphatic rings. The van der Waals surface area contributed by atoms with Crippen LogP contribution < -0.4 is 0 Å². The predicted octanol–water partition coefficient (Wildman–Crippen LogP) is 2.38. The number of aromatic nitrogens is 2. The van der Waals surface area contributed by atoms with E-state index in [2.05, 4.69) is 5.10 Å². The summed E-state index contributed by atoms with van der Waals surface area (Å²) in [6, 6.07) is 8.66. The maximum absolute atomic E-state index is 13.3. The first-order valence-electron chi connectivity index (χ1n) is 4.49. The lowest BCUT2D eigenvalue weighted by atomic mass is 10.2. The lowest BCUT2D eigenvalue weighted by Crippen LogP contribution is -2.04. The van der Waals surface area contributed by atoms with Crippen LogP contribution in [0.4, 0.5) is 4.39 Å². The molecule has 2 aromatic rings. The Balaban J connectivity index is 2.28. The van der Waals surface area contributed by atoms with E-state index in [-0.39, 0.29) is 5.82 Å². The molecule has 3 heteroatoms. The minimum absolute atomic E-state index is 0.178. The van der Waals surface area contributed by atoms with Crippen molar-refractivity contribution in [3.8, 4) is 0 Å². The second-order valence-corrected chi connectivity index (χ2v) is 3.22. The van der Waals surface area contributed by atoms with Gasteiger partial charge in [-0.25, -0.2) is 4.39 Å². The van der Waals surface area contributed by atoms with E-state index in [9.17, 15) is 4.39 Å². The lowest BCUT2D eigenvalue weighted by molar-refractivity contribution is 0.580. The number of aryl methyl sites for hydroxylation is 1. The van der Waals surface area contributed by atoms with Gasteiger partial charge in [-0.15, -0.1) is 0 Å². The minimum Gasteiger partial charge on any atom is -0.265 e. The molecular formula is C11H11FN2. The molecule has 72 valence electrons. The van der Waals surface area contributed by atoms with Gasteiger partial charge < -0.3 is 0 Å². The van der Waals surface area contributed by atoms with Crippen molar-refractivity contribution in [2.45, 2.75) is 13.5 Å². The van der Waals surface area contributed by atoms with Crippen LogP contribution in [0, 0.1) is 12.7 Å². The number of hydrogen-bond acceptors (Lipinski definition) is 1. The van der Waals surface area contributed by atoms with Crippen LogP contribution in [-0.2, 0) is 6.54 Å². The van der Waals surface area contributed by atoms with E-state index in [0.29, 0.717) is 12.1 Å². The van der Waals surface area contributed by atoms with Crippen molar-refractivity contribution in [3.05, 3.63) is 53.6 Å². The van der Waals surface area contributed by atoms with Gasteiger partial charge in [-0.1, -0.05) is 18.2 Å². The van der Waals surface area contributed by atoms with Gasteiger partial charge >= 0.3 is 0 Å². The molecule has 0 unspecified atom stereocenters. The fourth-order valence-corrected chi connectivity index (χ4v) is 1.35. The summed E-state index contributed by atoms with van der Waals surface area (Å²) < 4.78 is 15.0. The SMILES string of the molecule is Cc1ccnn1Cc1ccccc1F. The highest BCUT2D eigenvalue weighted by Crippen LogP contribution is 2.09. The zero-order valence-corrected chi connectivity index (χ0v) is 7.94. The van der Waals surface area contributed by atoms with Crippen LogP contribution in [-0.4, -0.2) is 9.78 Å². The summed E-state index contributed by atoms with van der Waals surface area (Å²) in [6.07, 6.45) is 1.72. The molecule has 0 fully saturated rings. The third-order valence-electron chi connectivity index (χ3n) is 2.21. The summed E-state index contributed by atoms with van der Waals surface area (Å²) in [5.41, 5.74) is 1.70. The van der Waals surface area contributed by atoms with Crippen LogP contribution in [0.15, 0.2) is 36.5 Å². The van der Waals surface area contributed by atoms with Crippen LogP contribution in [0.25, 0.3) is 0 Å². The Bertz CT molecular complexity index is 434. The van der Waals surface area contributed by atoms with Gasteiger partial charge in [-0.3, -0.25) is 4.68 Å². The Labute approximate surface area is 82.0 Å². The van der Waals surface area contributed by atoms with E-state index in [0.717, 1.165) is 5.69 Å². The van der Waals surface area contributed by atoms with Crippen LogP contribution in [0.2, 0.25) is 0 Å². The van der Waals surface area contributed by atoms with Gasteiger partial charge in [0.1, 0.15) is 5.82 Å². The van der Waals surface area contributed by atoms with Crippen molar-refractivity contribution < 1.29 is 4.39 Å². The predicted molar refractivity (Wildman–Crippen MR) is 52.5 cm³/mol. The van der Waals surface area contributed by atoms with Crippen molar-refractivity contribution >= 4 is 0 Å². The maximum Gasteiger partial charge on any atom is 0.128 e. The van der Waals surface area contributed by atoms with Crippen molar-refractivity contribution in [3.63, 3.8) is 0 Å². The van der Waals surface area contributed by atoms with Gasteiger partial charge in [-0.2, -0.15) is 5.10 Å². The van der Waals surface area contributed by atoms with Crippen LogP contribution in [0.5, 0.6) is 0 Å². The zero-order chi connectivity index (χ0) is 9.97. The molecule has 0 spiro atoms. The van der Waals surface area contributed by atoms with Gasteiger partial charge in [0.2, 0.25) is 0 Å². The Morgan fingerprint density at radius 1 is 1.29 bits per heavy atom. The van der Waals surface area contributed by atoms with E-state index in [4.69, 9.17) is 0 Å². The maximum atomic E-state index is 13.3. The first kappa shape index (κ1) is 8.94. The quantitative estimate of drug-likeness (QED) is 0.711. The zero-order valence-electron chi connectivity index (χ0n) is 7.94. The molecule has 0 N–H and O–H groups in total. The monoisotopic (exact) mass is 190 g/mol. The van der Waals surface area contributed by atoms with E-state index in [1.165, 1.54) is 6.07 Å². The highest BCUT2D eigenvalue weighted by atomic mass is 19.1. The van der Waals surface area contributed by atoms with Crippen LogP contribution >= 0.6 is 0 Å². The van der Waals surface area contributed by atoms with Crippen molar-refractivity contribution in [2.75, 3.05) is 0 Å². The molecule has 0 amide bonds. The average molecular weight is 190 g/mol. The normalized spacial score (nSPS) is 10.4. The number of halogens is 1. The van der Waals surface area contributed by atoms with E-state index < -0.39 is 0 Å². The van der Waals surface area contributed by atoms with Crippen molar-refractivity contribution in [1.82, 2.24) is 9.78 Å². The van der Waals surface area contributed by atoms with Gasteiger partial charge in [0, 0.05) is 17.5 Å². The van der Waals surface area contributed by atoms with Gasteiger partial charge in [-0.05, 0) is 19.1 Å². The summed E-state index contributed by atoms with van der Waals surface area (Å²) in [4.78, 5) is 0. The molecule has 0 bridgehead atoms. The molecule has 1 aromatic heterocycles. The lowest BCUT2D eigenvalue weighted by Gasteiger charge is -2.05. The highest BCUT2D eigenvalue weighted by Gasteiger charge is 2.03. The Kier molecular flexibility index (Phi) is 2.31. The first-order chi connectivity index (χ1) is 6.77. The first-order valence-corrected chi connectivity index (χ1v) is 4.49. The Hall–Kier alpha value is -1.64. The third kappa shape index (κ3) is 1.66. The molecule has 0 atom stereocenters. The molecule has 0 aliphatic carbocycles. The Morgan fingerprint density at radius 2 is 2.07 bits per heavy atom. The van der Waals surface area contributed by atoms with Crippen LogP contribution in [0.1, 0.15) is 11.3 Å². The van der Waals surface area contributed by atoms with E-state index >= 15 is 0 Å². The highest BCUT2D eigenvalue weighted by molar-refractivity contribution is 5.18. The smallest absolute Gasteiger partial charge is 0.128 e. The molecule has 0 saturated heterocycles. The fraction of sp³-hybridized carbons (Fsp3) is 0.182. The second-order valence-electron chi connectivity index (χ2n) is 3.22. The number of nitrogens with zero attached hydrogens (tertiary/aromatic N) is 2. The summed E-state index contributed by atoms with van der Waals surface area (Å²) in [7, 11) is 0. The van der Waals surface area contributed by atoms with Crippen molar-refractivity contribution in [2.24, 2.45) is 0 Å². The van der Waals surface area contributed by atoms with Gasteiger partial charge in [0.15, 0.2) is 0 Å². The molecule has 2 nitrogen and oxygen atoms in total. The van der Waals surface area contributed by atoms with Gasteiger partial charge in [0.05, 0.1) is 6.54 Å². The molecule has 2 rings (SSSR count). The summed E-state index contributed by atoms with van der Waals surface area (Å²) >= 11 is 0. The number of rotatable bonds is 2.